The van der Waals surface area contributed by atoms with Crippen LogP contribution in [0.15, 0.2) is 72.8 Å². The summed E-state index contributed by atoms with van der Waals surface area (Å²) >= 11 is 0. The molecule has 0 aromatic heterocycles. The molecular weight excluding hydrogens is 784 g/mol. The number of alkyl halides is 9. The van der Waals surface area contributed by atoms with Crippen LogP contribution in [-0.2, 0) is 35.2 Å². The van der Waals surface area contributed by atoms with Gasteiger partial charge in [-0.05, 0) is 77.4 Å². The summed E-state index contributed by atoms with van der Waals surface area (Å²) in [4.78, 5) is 13.3. The summed E-state index contributed by atoms with van der Waals surface area (Å²) in [6.07, 6.45) is -18.6. The largest absolute Gasteiger partial charge is 1.00 e. The first kappa shape index (κ1) is 45.9. The summed E-state index contributed by atoms with van der Waals surface area (Å²) < 4.78 is 157. The molecule has 0 bridgehead atoms. The van der Waals surface area contributed by atoms with Gasteiger partial charge in [0.15, 0.2) is 6.10 Å². The van der Waals surface area contributed by atoms with Gasteiger partial charge in [0, 0.05) is 22.8 Å². The van der Waals surface area contributed by atoms with E-state index in [0.717, 1.165) is 24.3 Å². The molecule has 4 rings (SSSR count). The van der Waals surface area contributed by atoms with Crippen molar-refractivity contribution < 1.29 is 80.6 Å². The molecule has 0 saturated heterocycles. The van der Waals surface area contributed by atoms with E-state index in [-0.39, 0.29) is 64.7 Å². The molecule has 0 heterocycles. The van der Waals surface area contributed by atoms with Crippen LogP contribution in [0.5, 0.6) is 11.5 Å². The number of quaternary nitrogens is 1. The molecule has 0 amide bonds. The molecule has 0 aliphatic rings. The van der Waals surface area contributed by atoms with E-state index in [1.54, 1.807) is 32.0 Å². The summed E-state index contributed by atoms with van der Waals surface area (Å²) in [6, 6.07) is 11.2. The highest BCUT2D eigenvalue weighted by molar-refractivity contribution is 5.75. The summed E-state index contributed by atoms with van der Waals surface area (Å²) in [5, 5.41) is 1.30. The quantitative estimate of drug-likeness (QED) is 0.0993. The third-order valence-electron chi connectivity index (χ3n) is 8.90. The molecule has 4 aromatic rings. The Hall–Kier alpha value is -4.50. The Balaban J connectivity index is 0.00000841. The predicted molar refractivity (Wildman–Crippen MR) is 184 cm³/mol. The van der Waals surface area contributed by atoms with Crippen molar-refractivity contribution in [1.29, 1.82) is 0 Å². The monoisotopic (exact) mass is 823 g/mol. The molecule has 306 valence electrons. The van der Waals surface area contributed by atoms with E-state index in [1.807, 2.05) is 20.8 Å². The van der Waals surface area contributed by atoms with Gasteiger partial charge in [-0.2, -0.15) is 39.5 Å². The number of rotatable bonds is 10. The van der Waals surface area contributed by atoms with Crippen molar-refractivity contribution in [3.63, 3.8) is 0 Å². The number of ether oxygens (including phenoxy) is 3. The average Bonchev–Trinajstić information content (AvgIpc) is 3.07. The van der Waals surface area contributed by atoms with E-state index in [2.05, 4.69) is 0 Å². The van der Waals surface area contributed by atoms with E-state index in [9.17, 15) is 48.7 Å². The van der Waals surface area contributed by atoms with Crippen molar-refractivity contribution in [2.45, 2.75) is 90.1 Å². The van der Waals surface area contributed by atoms with Gasteiger partial charge in [-0.25, -0.2) is 9.18 Å². The van der Waals surface area contributed by atoms with E-state index in [1.165, 1.54) is 31.5 Å². The highest BCUT2D eigenvalue weighted by Crippen LogP contribution is 2.41. The van der Waals surface area contributed by atoms with Crippen LogP contribution in [0.2, 0.25) is 0 Å². The van der Waals surface area contributed by atoms with Gasteiger partial charge >= 0.3 is 24.7 Å². The zero-order valence-electron chi connectivity index (χ0n) is 31.2. The predicted octanol–water partition coefficient (Wildman–Crippen LogP) is 8.39. The average molecular weight is 824 g/mol. The summed E-state index contributed by atoms with van der Waals surface area (Å²) in [5.41, 5.74) is -4.46. The second-order valence-corrected chi connectivity index (χ2v) is 14.4. The Morgan fingerprint density at radius 3 is 1.80 bits per heavy atom. The fraction of sp³-hybridized carbons (Fsp3) is 0.375. The number of methoxy groups -OCH3 is 1. The van der Waals surface area contributed by atoms with Gasteiger partial charge in [0.1, 0.15) is 29.9 Å². The van der Waals surface area contributed by atoms with E-state index in [4.69, 9.17) is 14.2 Å². The third-order valence-corrected chi connectivity index (χ3v) is 8.90. The van der Waals surface area contributed by atoms with Crippen molar-refractivity contribution in [2.75, 3.05) is 7.11 Å². The molecule has 0 radical (unpaired) electrons. The van der Waals surface area contributed by atoms with Crippen LogP contribution in [0, 0.1) is 5.82 Å². The molecule has 0 unspecified atom stereocenters. The molecule has 2 atom stereocenters. The second-order valence-electron chi connectivity index (χ2n) is 14.4. The number of carbonyl (C=O) groups is 1. The second kappa shape index (κ2) is 17.3. The first-order valence-corrected chi connectivity index (χ1v) is 17.0. The molecular formula is C40H40ClF10NO4. The Bertz CT molecular complexity index is 1970. The van der Waals surface area contributed by atoms with Crippen molar-refractivity contribution in [3.05, 3.63) is 118 Å². The number of hydrogen-bond donors (Lipinski definition) is 1. The van der Waals surface area contributed by atoms with Gasteiger partial charge in [-0.1, -0.05) is 58.9 Å². The van der Waals surface area contributed by atoms with Crippen LogP contribution in [0.25, 0.3) is 11.1 Å². The van der Waals surface area contributed by atoms with Crippen LogP contribution >= 0.6 is 0 Å². The van der Waals surface area contributed by atoms with Crippen molar-refractivity contribution in [2.24, 2.45) is 0 Å². The molecule has 0 saturated carbocycles. The Morgan fingerprint density at radius 2 is 1.29 bits per heavy atom. The van der Waals surface area contributed by atoms with Gasteiger partial charge in [0.05, 0.1) is 23.8 Å². The smallest absolute Gasteiger partial charge is 0.514 e. The molecule has 5 nitrogen and oxygen atoms in total. The fourth-order valence-corrected chi connectivity index (χ4v) is 6.05. The standard InChI is InChI=1S/C40H39F10NO4.ClH/c1-21(2)29-18-30(34(53-7)19-32(29)41)28-13-12-25(38(42,43)44)16-24(28)20-51-22(3)35(23-14-26(39(45,46)47)17-27(15-23)40(48,49)50)55-36(52)54-33-11-9-8-10-31(33)37(4,5)6;/h8-19,21-22,35,51H,20H2,1-7H3;1H/t22-,35-;/m0./s1. The van der Waals surface area contributed by atoms with E-state index >= 15 is 0 Å². The lowest BCUT2D eigenvalue weighted by Crippen LogP contribution is -3.00. The zero-order chi connectivity index (χ0) is 41.3. The maximum atomic E-state index is 14.9. The van der Waals surface area contributed by atoms with Crippen molar-refractivity contribution in [3.8, 4) is 22.6 Å². The van der Waals surface area contributed by atoms with Crippen LogP contribution in [0.3, 0.4) is 0 Å². The number of para-hydroxylation sites is 1. The number of benzene rings is 4. The van der Waals surface area contributed by atoms with Crippen LogP contribution in [-0.4, -0.2) is 19.3 Å². The van der Waals surface area contributed by atoms with E-state index in [0.29, 0.717) is 17.7 Å². The molecule has 56 heavy (non-hydrogen) atoms. The van der Waals surface area contributed by atoms with Gasteiger partial charge in [0.25, 0.3) is 0 Å². The van der Waals surface area contributed by atoms with E-state index < -0.39 is 70.3 Å². The maximum Gasteiger partial charge on any atom is 0.514 e. The van der Waals surface area contributed by atoms with Crippen molar-refractivity contribution >= 4 is 6.16 Å². The lowest BCUT2D eigenvalue weighted by atomic mass is 9.86. The highest BCUT2D eigenvalue weighted by Gasteiger charge is 2.40. The highest BCUT2D eigenvalue weighted by atomic mass is 35.5. The topological polar surface area (TPSA) is 61.4 Å². The van der Waals surface area contributed by atoms with Gasteiger partial charge in [0.2, 0.25) is 0 Å². The third kappa shape index (κ3) is 11.1. The molecule has 0 aliphatic heterocycles. The Kier molecular flexibility index (Phi) is 14.2. The summed E-state index contributed by atoms with van der Waals surface area (Å²) in [6.45, 7) is 9.81. The van der Waals surface area contributed by atoms with Gasteiger partial charge < -0.3 is 31.9 Å². The molecule has 4 aromatic carbocycles. The van der Waals surface area contributed by atoms with Crippen LogP contribution < -0.4 is 27.2 Å². The number of nitrogens with two attached hydrogens (primary N) is 1. The normalized spacial score (nSPS) is 13.5. The number of halogens is 11. The molecule has 2 N–H and O–H groups in total. The van der Waals surface area contributed by atoms with Crippen LogP contribution in [0.1, 0.15) is 92.5 Å². The minimum Gasteiger partial charge on any atom is -1.00 e. The van der Waals surface area contributed by atoms with Gasteiger partial charge in [-0.3, -0.25) is 0 Å². The number of hydrogen-bond acceptors (Lipinski definition) is 4. The molecule has 0 spiro atoms. The molecule has 16 heteroatoms. The first-order valence-electron chi connectivity index (χ1n) is 17.0. The number of carbonyl (C=O) groups excluding carboxylic acids is 1. The fourth-order valence-electron chi connectivity index (χ4n) is 6.05. The first-order chi connectivity index (χ1) is 25.3. The lowest BCUT2D eigenvalue weighted by molar-refractivity contribution is -0.708. The van der Waals surface area contributed by atoms with Gasteiger partial charge in [-0.15, -0.1) is 0 Å². The zero-order valence-corrected chi connectivity index (χ0v) is 32.0. The Morgan fingerprint density at radius 1 is 0.714 bits per heavy atom. The Labute approximate surface area is 323 Å². The summed E-state index contributed by atoms with van der Waals surface area (Å²) in [5.74, 6) is -0.922. The van der Waals surface area contributed by atoms with Crippen molar-refractivity contribution in [1.82, 2.24) is 0 Å². The minimum atomic E-state index is -5.24. The minimum absolute atomic E-state index is 0. The van der Waals surface area contributed by atoms with Crippen LogP contribution in [0.4, 0.5) is 48.7 Å². The summed E-state index contributed by atoms with van der Waals surface area (Å²) in [7, 11) is 1.25. The lowest BCUT2D eigenvalue weighted by Gasteiger charge is -2.26. The maximum absolute atomic E-state index is 14.9. The molecule has 0 fully saturated rings. The SMILES string of the molecule is COc1cc(F)c(C(C)C)cc1-c1ccc(C(F)(F)F)cc1C[NH2+][C@@H](C)[C@H](OC(=O)Oc1ccccc1C(C)(C)C)c1cc(C(F)(F)F)cc(C(F)(F)F)c1.[Cl-]. The molecule has 0 aliphatic carbocycles.